The number of para-hydroxylation sites is 1. The summed E-state index contributed by atoms with van der Waals surface area (Å²) in [6.45, 7) is 1.83. The first kappa shape index (κ1) is 20.3. The monoisotopic (exact) mass is 421 g/mol. The lowest BCUT2D eigenvalue weighted by molar-refractivity contribution is -0.113. The molecule has 1 aliphatic heterocycles. The van der Waals surface area contributed by atoms with Gasteiger partial charge in [0.05, 0.1) is 26.9 Å². The van der Waals surface area contributed by atoms with Crippen molar-refractivity contribution in [2.45, 2.75) is 13.0 Å². The smallest absolute Gasteiger partial charge is 0.255 e. The number of carbonyl (C=O) groups is 1. The van der Waals surface area contributed by atoms with Crippen LogP contribution < -0.4 is 24.8 Å². The molecule has 1 aliphatic rings. The van der Waals surface area contributed by atoms with Crippen LogP contribution in [0.2, 0.25) is 0 Å². The van der Waals surface area contributed by atoms with Crippen LogP contribution in [0.1, 0.15) is 18.5 Å². The molecule has 0 bridgehead atoms. The fourth-order valence-electron chi connectivity index (χ4n) is 3.67. The Labute approximate surface area is 179 Å². The zero-order valence-electron chi connectivity index (χ0n) is 17.7. The van der Waals surface area contributed by atoms with Crippen LogP contribution in [-0.2, 0) is 4.79 Å². The lowest BCUT2D eigenvalue weighted by Crippen LogP contribution is -2.31. The van der Waals surface area contributed by atoms with Gasteiger partial charge >= 0.3 is 0 Å². The Balaban J connectivity index is 1.79. The maximum Gasteiger partial charge on any atom is 0.255 e. The highest BCUT2D eigenvalue weighted by atomic mass is 16.5. The van der Waals surface area contributed by atoms with Crippen LogP contribution in [-0.4, -0.2) is 42.0 Å². The first-order chi connectivity index (χ1) is 15.1. The first-order valence-electron chi connectivity index (χ1n) is 9.61. The fraction of sp³-hybridized carbons (Fsp3) is 0.227. The quantitative estimate of drug-likeness (QED) is 0.630. The molecule has 31 heavy (non-hydrogen) atoms. The third kappa shape index (κ3) is 3.65. The van der Waals surface area contributed by atoms with E-state index in [1.807, 2.05) is 19.1 Å². The molecule has 0 radical (unpaired) electrons. The van der Waals surface area contributed by atoms with Crippen LogP contribution >= 0.6 is 0 Å². The number of aromatic nitrogens is 3. The second kappa shape index (κ2) is 8.39. The second-order valence-electron chi connectivity index (χ2n) is 6.86. The largest absolute Gasteiger partial charge is 0.497 e. The molecule has 9 nitrogen and oxygen atoms in total. The summed E-state index contributed by atoms with van der Waals surface area (Å²) in [7, 11) is 4.74. The zero-order valence-corrected chi connectivity index (χ0v) is 17.7. The summed E-state index contributed by atoms with van der Waals surface area (Å²) in [5.74, 6) is 2.06. The number of nitrogens with zero attached hydrogens (tertiary/aromatic N) is 3. The van der Waals surface area contributed by atoms with Crippen molar-refractivity contribution in [2.75, 3.05) is 32.0 Å². The fourth-order valence-corrected chi connectivity index (χ4v) is 3.67. The average molecular weight is 421 g/mol. The minimum atomic E-state index is -0.568. The molecule has 1 unspecified atom stereocenters. The molecule has 2 aromatic carbocycles. The Hall–Kier alpha value is -4.01. The Morgan fingerprint density at radius 2 is 1.84 bits per heavy atom. The van der Waals surface area contributed by atoms with Crippen LogP contribution in [0.5, 0.6) is 17.2 Å². The van der Waals surface area contributed by atoms with Crippen molar-refractivity contribution in [1.82, 2.24) is 14.8 Å². The average Bonchev–Trinajstić information content (AvgIpc) is 3.25. The molecule has 2 N–H and O–H groups in total. The van der Waals surface area contributed by atoms with Gasteiger partial charge in [-0.25, -0.2) is 4.68 Å². The van der Waals surface area contributed by atoms with Gasteiger partial charge in [0.15, 0.2) is 11.5 Å². The summed E-state index contributed by atoms with van der Waals surface area (Å²) in [5.41, 5.74) is 2.53. The third-order valence-corrected chi connectivity index (χ3v) is 5.11. The number of ether oxygens (including phenoxy) is 3. The highest BCUT2D eigenvalue weighted by molar-refractivity contribution is 6.06. The summed E-state index contributed by atoms with van der Waals surface area (Å²) >= 11 is 0. The van der Waals surface area contributed by atoms with E-state index in [0.29, 0.717) is 40.2 Å². The zero-order chi connectivity index (χ0) is 22.0. The molecule has 1 amide bonds. The minimum Gasteiger partial charge on any atom is -0.497 e. The normalized spacial score (nSPS) is 15.0. The number of hydrogen-bond acceptors (Lipinski definition) is 7. The standard InChI is InChI=1S/C22H23N5O4/c1-13-18(21(28)26-14-8-10-15(29-2)11-9-14)19(27-22(25-13)23-12-24-27)16-6-5-7-17(30-3)20(16)31-4/h5-12,19H,1-4H3,(H,26,28)(H,23,24,25). The molecule has 2 heterocycles. The Kier molecular flexibility index (Phi) is 5.48. The summed E-state index contributed by atoms with van der Waals surface area (Å²) < 4.78 is 18.0. The number of methoxy groups -OCH3 is 3. The van der Waals surface area contributed by atoms with Crippen molar-refractivity contribution in [1.29, 1.82) is 0 Å². The number of allylic oxidation sites excluding steroid dienone is 1. The molecule has 0 saturated heterocycles. The van der Waals surface area contributed by atoms with E-state index in [1.54, 1.807) is 56.3 Å². The van der Waals surface area contributed by atoms with Crippen molar-refractivity contribution in [3.8, 4) is 17.2 Å². The van der Waals surface area contributed by atoms with Crippen molar-refractivity contribution < 1.29 is 19.0 Å². The Bertz CT molecular complexity index is 1140. The topological polar surface area (TPSA) is 99.5 Å². The van der Waals surface area contributed by atoms with Gasteiger partial charge in [-0.3, -0.25) is 4.79 Å². The summed E-state index contributed by atoms with van der Waals surface area (Å²) in [5, 5.41) is 10.5. The maximum atomic E-state index is 13.4. The van der Waals surface area contributed by atoms with Gasteiger partial charge in [0, 0.05) is 16.9 Å². The van der Waals surface area contributed by atoms with Gasteiger partial charge in [-0.05, 0) is 37.3 Å². The minimum absolute atomic E-state index is 0.272. The van der Waals surface area contributed by atoms with Gasteiger partial charge in [0.2, 0.25) is 5.95 Å². The van der Waals surface area contributed by atoms with Crippen LogP contribution in [0.3, 0.4) is 0 Å². The summed E-state index contributed by atoms with van der Waals surface area (Å²) in [6, 6.07) is 12.1. The van der Waals surface area contributed by atoms with Crippen molar-refractivity contribution in [2.24, 2.45) is 0 Å². The third-order valence-electron chi connectivity index (χ3n) is 5.11. The number of rotatable bonds is 6. The van der Waals surface area contributed by atoms with Crippen molar-refractivity contribution >= 4 is 17.5 Å². The molecule has 1 aromatic heterocycles. The molecule has 9 heteroatoms. The molecule has 0 saturated carbocycles. The van der Waals surface area contributed by atoms with E-state index in [0.717, 1.165) is 5.56 Å². The van der Waals surface area contributed by atoms with E-state index < -0.39 is 6.04 Å². The van der Waals surface area contributed by atoms with E-state index in [4.69, 9.17) is 14.2 Å². The number of amides is 1. The Morgan fingerprint density at radius 1 is 1.06 bits per heavy atom. The second-order valence-corrected chi connectivity index (χ2v) is 6.86. The molecule has 0 aliphatic carbocycles. The van der Waals surface area contributed by atoms with Gasteiger partial charge < -0.3 is 24.8 Å². The number of benzene rings is 2. The van der Waals surface area contributed by atoms with Gasteiger partial charge in [-0.2, -0.15) is 10.1 Å². The predicted octanol–water partition coefficient (Wildman–Crippen LogP) is 3.23. The van der Waals surface area contributed by atoms with Gasteiger partial charge in [-0.1, -0.05) is 12.1 Å². The molecule has 4 rings (SSSR count). The molecule has 160 valence electrons. The van der Waals surface area contributed by atoms with Gasteiger partial charge in [0.25, 0.3) is 5.91 Å². The summed E-state index contributed by atoms with van der Waals surface area (Å²) in [6.07, 6.45) is 1.44. The van der Waals surface area contributed by atoms with Crippen LogP contribution in [0, 0.1) is 0 Å². The van der Waals surface area contributed by atoms with E-state index >= 15 is 0 Å². The van der Waals surface area contributed by atoms with Gasteiger partial charge in [-0.15, -0.1) is 0 Å². The van der Waals surface area contributed by atoms with Crippen LogP contribution in [0.15, 0.2) is 60.1 Å². The molecular formula is C22H23N5O4. The molecule has 1 atom stereocenters. The molecular weight excluding hydrogens is 398 g/mol. The van der Waals surface area contributed by atoms with Crippen molar-refractivity contribution in [3.63, 3.8) is 0 Å². The number of fused-ring (bicyclic) bond motifs is 1. The Morgan fingerprint density at radius 3 is 2.52 bits per heavy atom. The number of carbonyl (C=O) groups excluding carboxylic acids is 1. The maximum absolute atomic E-state index is 13.4. The SMILES string of the molecule is COc1ccc(NC(=O)C2=C(C)Nc3ncnn3C2c2cccc(OC)c2OC)cc1. The number of hydrogen-bond donors (Lipinski definition) is 2. The predicted molar refractivity (Wildman–Crippen MR) is 116 cm³/mol. The molecule has 0 spiro atoms. The molecule has 0 fully saturated rings. The van der Waals surface area contributed by atoms with Crippen molar-refractivity contribution in [3.05, 3.63) is 65.6 Å². The highest BCUT2D eigenvalue weighted by Gasteiger charge is 2.35. The number of anilines is 2. The van der Waals surface area contributed by atoms with E-state index in [1.165, 1.54) is 6.33 Å². The summed E-state index contributed by atoms with van der Waals surface area (Å²) in [4.78, 5) is 17.7. The first-order valence-corrected chi connectivity index (χ1v) is 9.61. The van der Waals surface area contributed by atoms with E-state index in [2.05, 4.69) is 20.7 Å². The van der Waals surface area contributed by atoms with Gasteiger partial charge in [0.1, 0.15) is 18.1 Å². The highest BCUT2D eigenvalue weighted by Crippen LogP contribution is 2.42. The lowest BCUT2D eigenvalue weighted by Gasteiger charge is -2.30. The molecule has 3 aromatic rings. The van der Waals surface area contributed by atoms with Crippen LogP contribution in [0.25, 0.3) is 0 Å². The lowest BCUT2D eigenvalue weighted by atomic mass is 9.94. The van der Waals surface area contributed by atoms with Crippen LogP contribution in [0.4, 0.5) is 11.6 Å². The van der Waals surface area contributed by atoms with E-state index in [9.17, 15) is 4.79 Å². The number of nitrogens with one attached hydrogen (secondary N) is 2. The van der Waals surface area contributed by atoms with E-state index in [-0.39, 0.29) is 5.91 Å².